The second-order valence-corrected chi connectivity index (χ2v) is 4.58. The molecule has 0 spiro atoms. The van der Waals surface area contributed by atoms with Crippen LogP contribution in [-0.4, -0.2) is 46.1 Å². The number of nitrogens with zero attached hydrogens (tertiary/aromatic N) is 3. The van der Waals surface area contributed by atoms with Gasteiger partial charge in [0.2, 0.25) is 12.2 Å². The average Bonchev–Trinajstić information content (AvgIpc) is 2.78. The fraction of sp³-hybridized carbons (Fsp3) is 0.545. The Morgan fingerprint density at radius 1 is 1.30 bits per heavy atom. The molecule has 2 atom stereocenters. The first-order valence-electron chi connectivity index (χ1n) is 6.13. The number of esters is 1. The van der Waals surface area contributed by atoms with E-state index >= 15 is 0 Å². The fourth-order valence-electron chi connectivity index (χ4n) is 1.93. The molecule has 0 aromatic carbocycles. The molecule has 1 aromatic rings. The molecule has 128 valence electrons. The van der Waals surface area contributed by atoms with Crippen LogP contribution in [0.4, 0.5) is 32.3 Å². The van der Waals surface area contributed by atoms with Crippen LogP contribution < -0.4 is 4.90 Å². The van der Waals surface area contributed by atoms with Crippen LogP contribution in [0.3, 0.4) is 0 Å². The zero-order chi connectivity index (χ0) is 17.4. The number of alkyl halides is 6. The molecular weight excluding hydrogens is 336 g/mol. The predicted molar refractivity (Wildman–Crippen MR) is 60.9 cm³/mol. The number of hydrogen-bond donors (Lipinski definition) is 1. The Kier molecular flexibility index (Phi) is 4.37. The molecule has 0 aliphatic carbocycles. The molecule has 1 aliphatic rings. The third-order valence-electron chi connectivity index (χ3n) is 2.95. The third-order valence-corrected chi connectivity index (χ3v) is 2.95. The Hall–Kier alpha value is -2.11. The van der Waals surface area contributed by atoms with Gasteiger partial charge in [0, 0.05) is 12.7 Å². The highest BCUT2D eigenvalue weighted by molar-refractivity contribution is 5.76. The van der Waals surface area contributed by atoms with Gasteiger partial charge in [0.05, 0.1) is 0 Å². The quantitative estimate of drug-likeness (QED) is 0.647. The van der Waals surface area contributed by atoms with Gasteiger partial charge in [0.15, 0.2) is 0 Å². The zero-order valence-corrected chi connectivity index (χ0v) is 11.1. The second kappa shape index (κ2) is 5.83. The normalized spacial score (nSPS) is 22.3. The number of ether oxygens (including phenoxy) is 1. The third kappa shape index (κ3) is 3.81. The number of carbonyl (C=O) groups excluding carboxylic acids is 1. The van der Waals surface area contributed by atoms with E-state index in [1.807, 2.05) is 0 Å². The minimum absolute atomic E-state index is 0.130. The molecule has 1 aliphatic heterocycles. The van der Waals surface area contributed by atoms with Gasteiger partial charge < -0.3 is 14.7 Å². The lowest BCUT2D eigenvalue weighted by Crippen LogP contribution is -2.43. The molecule has 2 heterocycles. The van der Waals surface area contributed by atoms with Crippen molar-refractivity contribution in [3.05, 3.63) is 18.0 Å². The van der Waals surface area contributed by atoms with Crippen LogP contribution in [0.2, 0.25) is 0 Å². The topological polar surface area (TPSA) is 75.6 Å². The second-order valence-electron chi connectivity index (χ2n) is 4.58. The summed E-state index contributed by atoms with van der Waals surface area (Å²) in [5, 5.41) is 9.60. The van der Waals surface area contributed by atoms with E-state index < -0.39 is 42.3 Å². The highest BCUT2D eigenvalue weighted by atomic mass is 19.4. The Bertz CT molecular complexity index is 591. The molecule has 1 saturated heterocycles. The number of rotatable bonds is 2. The molecule has 0 saturated carbocycles. The number of halogens is 6. The number of aromatic nitrogens is 2. The number of aliphatic hydroxyl groups excluding tert-OH is 1. The molecule has 12 heteroatoms. The highest BCUT2D eigenvalue weighted by Crippen LogP contribution is 2.31. The summed E-state index contributed by atoms with van der Waals surface area (Å²) < 4.78 is 78.6. The number of aliphatic hydroxyl groups is 1. The van der Waals surface area contributed by atoms with Crippen molar-refractivity contribution >= 4 is 11.9 Å². The van der Waals surface area contributed by atoms with Crippen LogP contribution in [0.15, 0.2) is 12.3 Å². The van der Waals surface area contributed by atoms with Crippen molar-refractivity contribution in [2.24, 2.45) is 0 Å². The summed E-state index contributed by atoms with van der Waals surface area (Å²) in [5.41, 5.74) is -1.32. The monoisotopic (exact) mass is 345 g/mol. The summed E-state index contributed by atoms with van der Waals surface area (Å²) in [6, 6.07) is 0.576. The highest BCUT2D eigenvalue weighted by Gasteiger charge is 2.47. The van der Waals surface area contributed by atoms with Gasteiger partial charge in [-0.25, -0.2) is 14.8 Å². The molecule has 2 unspecified atom stereocenters. The molecule has 23 heavy (non-hydrogen) atoms. The maximum absolute atomic E-state index is 12.6. The van der Waals surface area contributed by atoms with Gasteiger partial charge in [-0.1, -0.05) is 0 Å². The van der Waals surface area contributed by atoms with E-state index in [2.05, 4.69) is 14.7 Å². The van der Waals surface area contributed by atoms with E-state index in [1.54, 1.807) is 0 Å². The van der Waals surface area contributed by atoms with Gasteiger partial charge in [-0.2, -0.15) is 26.3 Å². The van der Waals surface area contributed by atoms with Crippen LogP contribution in [0.1, 0.15) is 12.1 Å². The lowest BCUT2D eigenvalue weighted by atomic mass is 10.3. The van der Waals surface area contributed by atoms with Crippen molar-refractivity contribution in [3.8, 4) is 0 Å². The van der Waals surface area contributed by atoms with Crippen molar-refractivity contribution in [1.29, 1.82) is 0 Å². The van der Waals surface area contributed by atoms with E-state index in [0.717, 1.165) is 11.1 Å². The van der Waals surface area contributed by atoms with Gasteiger partial charge in [-0.3, -0.25) is 0 Å². The number of anilines is 1. The minimum atomic E-state index is -5.30. The van der Waals surface area contributed by atoms with Crippen LogP contribution in [0, 0.1) is 0 Å². The van der Waals surface area contributed by atoms with Gasteiger partial charge in [0.1, 0.15) is 11.8 Å². The van der Waals surface area contributed by atoms with Crippen LogP contribution in [0.25, 0.3) is 0 Å². The van der Waals surface area contributed by atoms with Gasteiger partial charge >= 0.3 is 18.3 Å². The molecule has 6 nitrogen and oxygen atoms in total. The largest absolute Gasteiger partial charge is 0.491 e. The Morgan fingerprint density at radius 2 is 1.96 bits per heavy atom. The zero-order valence-electron chi connectivity index (χ0n) is 11.1. The summed E-state index contributed by atoms with van der Waals surface area (Å²) in [6.07, 6.45) is -12.8. The van der Waals surface area contributed by atoms with Crippen molar-refractivity contribution in [2.45, 2.75) is 31.1 Å². The minimum Gasteiger partial charge on any atom is -0.432 e. The molecule has 0 amide bonds. The Morgan fingerprint density at radius 3 is 2.52 bits per heavy atom. The van der Waals surface area contributed by atoms with Crippen molar-refractivity contribution in [2.75, 3.05) is 11.4 Å². The SMILES string of the molecule is O=C(OC1C(O)CCN1c1nccc(C(F)(F)F)n1)C(F)(F)F. The first-order valence-corrected chi connectivity index (χ1v) is 6.13. The van der Waals surface area contributed by atoms with E-state index in [0.29, 0.717) is 6.07 Å². The maximum Gasteiger partial charge on any atom is 0.491 e. The van der Waals surface area contributed by atoms with Crippen molar-refractivity contribution in [1.82, 2.24) is 9.97 Å². The maximum atomic E-state index is 12.6. The summed E-state index contributed by atoms with van der Waals surface area (Å²) in [7, 11) is 0. The van der Waals surface area contributed by atoms with Crippen molar-refractivity contribution < 1.29 is 41.0 Å². The molecule has 0 radical (unpaired) electrons. The molecule has 1 aromatic heterocycles. The van der Waals surface area contributed by atoms with Gasteiger partial charge in [0.25, 0.3) is 0 Å². The molecule has 1 N–H and O–H groups in total. The van der Waals surface area contributed by atoms with E-state index in [9.17, 15) is 36.2 Å². The summed E-state index contributed by atoms with van der Waals surface area (Å²) in [6.45, 7) is -0.182. The lowest BCUT2D eigenvalue weighted by molar-refractivity contribution is -0.207. The summed E-state index contributed by atoms with van der Waals surface area (Å²) >= 11 is 0. The Labute approximate surface area is 124 Å². The molecular formula is C11H9F6N3O3. The predicted octanol–water partition coefficient (Wildman–Crippen LogP) is 1.50. The standard InChI is InChI=1S/C11H9F6N3O3/c12-10(13,14)6-1-3-18-9(19-6)20-4-2-5(21)7(20)23-8(22)11(15,16)17/h1,3,5,7,21H,2,4H2. The molecule has 2 rings (SSSR count). The van der Waals surface area contributed by atoms with Crippen LogP contribution in [0.5, 0.6) is 0 Å². The molecule has 0 bridgehead atoms. The molecule has 1 fully saturated rings. The number of carbonyl (C=O) groups is 1. The van der Waals surface area contributed by atoms with Gasteiger partial charge in [-0.15, -0.1) is 0 Å². The van der Waals surface area contributed by atoms with Crippen LogP contribution in [-0.2, 0) is 15.7 Å². The first kappa shape index (κ1) is 17.2. The average molecular weight is 345 g/mol. The van der Waals surface area contributed by atoms with E-state index in [4.69, 9.17) is 0 Å². The summed E-state index contributed by atoms with van der Waals surface area (Å²) in [5.74, 6) is -3.17. The first-order chi connectivity index (χ1) is 10.5. The number of hydrogen-bond acceptors (Lipinski definition) is 6. The van der Waals surface area contributed by atoms with E-state index in [-0.39, 0.29) is 13.0 Å². The fourth-order valence-corrected chi connectivity index (χ4v) is 1.93. The van der Waals surface area contributed by atoms with E-state index in [1.165, 1.54) is 0 Å². The lowest BCUT2D eigenvalue weighted by Gasteiger charge is -2.26. The van der Waals surface area contributed by atoms with Crippen LogP contribution >= 0.6 is 0 Å². The smallest absolute Gasteiger partial charge is 0.432 e. The van der Waals surface area contributed by atoms with Crippen molar-refractivity contribution in [3.63, 3.8) is 0 Å². The van der Waals surface area contributed by atoms with Gasteiger partial charge in [-0.05, 0) is 12.5 Å². The Balaban J connectivity index is 2.26. The summed E-state index contributed by atoms with van der Waals surface area (Å²) in [4.78, 5) is 18.3.